The topological polar surface area (TPSA) is 88.4 Å². The van der Waals surface area contributed by atoms with E-state index in [4.69, 9.17) is 21.1 Å². The summed E-state index contributed by atoms with van der Waals surface area (Å²) >= 11 is 5.98. The van der Waals surface area contributed by atoms with E-state index < -0.39 is 24.0 Å². The molecule has 1 aliphatic rings. The van der Waals surface area contributed by atoms with Gasteiger partial charge in [-0.1, -0.05) is 36.9 Å². The van der Waals surface area contributed by atoms with E-state index in [2.05, 4.69) is 11.4 Å². The monoisotopic (exact) mass is 364 g/mol. The number of amides is 1. The molecule has 6 nitrogen and oxygen atoms in total. The second-order valence-electron chi connectivity index (χ2n) is 6.19. The molecule has 1 N–H and O–H groups in total. The number of halogens is 1. The van der Waals surface area contributed by atoms with E-state index in [1.54, 1.807) is 12.1 Å². The Bertz CT molecular complexity index is 678. The zero-order valence-electron chi connectivity index (χ0n) is 14.1. The van der Waals surface area contributed by atoms with Crippen molar-refractivity contribution in [3.8, 4) is 11.8 Å². The number of hydrogen-bond donors (Lipinski definition) is 1. The first-order valence-corrected chi connectivity index (χ1v) is 8.59. The lowest BCUT2D eigenvalue weighted by molar-refractivity contribution is -0.150. The van der Waals surface area contributed by atoms with Crippen molar-refractivity contribution in [2.24, 2.45) is 0 Å². The zero-order valence-corrected chi connectivity index (χ0v) is 14.9. The van der Waals surface area contributed by atoms with E-state index in [0.717, 1.165) is 24.8 Å². The third-order valence-corrected chi connectivity index (χ3v) is 4.41. The minimum absolute atomic E-state index is 0.347. The number of nitrogens with zero attached hydrogens (tertiary/aromatic N) is 1. The molecule has 0 unspecified atom stereocenters. The molecule has 134 valence electrons. The van der Waals surface area contributed by atoms with Crippen LogP contribution in [0, 0.1) is 18.3 Å². The molecule has 0 aliphatic heterocycles. The third kappa shape index (κ3) is 5.64. The predicted molar refractivity (Wildman–Crippen MR) is 92.2 cm³/mol. The maximum atomic E-state index is 12.0. The Labute approximate surface area is 152 Å². The lowest BCUT2D eigenvalue weighted by Gasteiger charge is -2.31. The van der Waals surface area contributed by atoms with Crippen molar-refractivity contribution in [1.82, 2.24) is 5.32 Å². The van der Waals surface area contributed by atoms with Crippen molar-refractivity contribution in [3.05, 3.63) is 28.8 Å². The van der Waals surface area contributed by atoms with Crippen LogP contribution in [0.2, 0.25) is 5.02 Å². The van der Waals surface area contributed by atoms with E-state index in [1.165, 1.54) is 0 Å². The first-order valence-electron chi connectivity index (χ1n) is 8.21. The van der Waals surface area contributed by atoms with Gasteiger partial charge in [0.2, 0.25) is 0 Å². The number of aryl methyl sites for hydroxylation is 1. The van der Waals surface area contributed by atoms with Crippen molar-refractivity contribution in [2.45, 2.75) is 44.6 Å². The molecule has 25 heavy (non-hydrogen) atoms. The highest BCUT2D eigenvalue weighted by atomic mass is 35.5. The van der Waals surface area contributed by atoms with Crippen LogP contribution in [0.5, 0.6) is 5.75 Å². The van der Waals surface area contributed by atoms with Gasteiger partial charge in [0.15, 0.2) is 13.2 Å². The van der Waals surface area contributed by atoms with Crippen LogP contribution in [-0.2, 0) is 14.3 Å². The SMILES string of the molecule is Cc1ccc(Cl)c(OCC(=O)OCC(=O)NC2(C#N)CCCCC2)c1. The molecule has 0 aromatic heterocycles. The van der Waals surface area contributed by atoms with Crippen molar-refractivity contribution < 1.29 is 19.1 Å². The van der Waals surface area contributed by atoms with Crippen molar-refractivity contribution in [2.75, 3.05) is 13.2 Å². The van der Waals surface area contributed by atoms with Gasteiger partial charge in [0.25, 0.3) is 5.91 Å². The summed E-state index contributed by atoms with van der Waals surface area (Å²) in [5, 5.41) is 12.4. The minimum Gasteiger partial charge on any atom is -0.480 e. The summed E-state index contributed by atoms with van der Waals surface area (Å²) in [4.78, 5) is 23.7. The Hall–Kier alpha value is -2.26. The van der Waals surface area contributed by atoms with Gasteiger partial charge in [0.1, 0.15) is 11.3 Å². The number of esters is 1. The van der Waals surface area contributed by atoms with Gasteiger partial charge < -0.3 is 14.8 Å². The Morgan fingerprint density at radius 3 is 2.68 bits per heavy atom. The molecule has 1 aliphatic carbocycles. The van der Waals surface area contributed by atoms with Crippen LogP contribution >= 0.6 is 11.6 Å². The summed E-state index contributed by atoms with van der Waals surface area (Å²) in [5.74, 6) is -0.776. The average molecular weight is 365 g/mol. The van der Waals surface area contributed by atoms with Gasteiger partial charge >= 0.3 is 5.97 Å². The van der Waals surface area contributed by atoms with E-state index >= 15 is 0 Å². The quantitative estimate of drug-likeness (QED) is 0.784. The third-order valence-electron chi connectivity index (χ3n) is 4.10. The van der Waals surface area contributed by atoms with E-state index in [9.17, 15) is 14.9 Å². The Kier molecular flexibility index (Phi) is 6.65. The van der Waals surface area contributed by atoms with Gasteiger partial charge in [-0.3, -0.25) is 4.79 Å². The van der Waals surface area contributed by atoms with Gasteiger partial charge in [-0.25, -0.2) is 4.79 Å². The number of benzene rings is 1. The smallest absolute Gasteiger partial charge is 0.344 e. The Balaban J connectivity index is 1.76. The second-order valence-corrected chi connectivity index (χ2v) is 6.59. The largest absolute Gasteiger partial charge is 0.480 e. The molecule has 0 spiro atoms. The molecular formula is C18H21ClN2O4. The second kappa shape index (κ2) is 8.72. The van der Waals surface area contributed by atoms with Crippen LogP contribution < -0.4 is 10.1 Å². The van der Waals surface area contributed by atoms with Gasteiger partial charge in [-0.2, -0.15) is 5.26 Å². The Morgan fingerprint density at radius 2 is 2.00 bits per heavy atom. The molecule has 0 heterocycles. The number of ether oxygens (including phenoxy) is 2. The lowest BCUT2D eigenvalue weighted by Crippen LogP contribution is -2.50. The van der Waals surface area contributed by atoms with Gasteiger partial charge in [-0.05, 0) is 37.5 Å². The van der Waals surface area contributed by atoms with E-state index in [-0.39, 0.29) is 6.61 Å². The fourth-order valence-corrected chi connectivity index (χ4v) is 2.94. The van der Waals surface area contributed by atoms with Crippen LogP contribution in [0.3, 0.4) is 0 Å². The van der Waals surface area contributed by atoms with Crippen LogP contribution in [0.1, 0.15) is 37.7 Å². The van der Waals surface area contributed by atoms with Crippen LogP contribution in [0.4, 0.5) is 0 Å². The average Bonchev–Trinajstić information content (AvgIpc) is 2.61. The number of nitriles is 1. The van der Waals surface area contributed by atoms with Crippen LogP contribution in [0.25, 0.3) is 0 Å². The molecule has 2 rings (SSSR count). The predicted octanol–water partition coefficient (Wildman–Crippen LogP) is 2.91. The normalized spacial score (nSPS) is 15.7. The van der Waals surface area contributed by atoms with Crippen molar-refractivity contribution in [1.29, 1.82) is 5.26 Å². The summed E-state index contributed by atoms with van der Waals surface area (Å²) in [6.07, 6.45) is 4.11. The maximum absolute atomic E-state index is 12.0. The van der Waals surface area contributed by atoms with Crippen LogP contribution in [-0.4, -0.2) is 30.6 Å². The molecule has 1 aromatic rings. The summed E-state index contributed by atoms with van der Waals surface area (Å²) < 4.78 is 10.2. The number of carbonyl (C=O) groups excluding carboxylic acids is 2. The highest BCUT2D eigenvalue weighted by Gasteiger charge is 2.33. The summed E-state index contributed by atoms with van der Waals surface area (Å²) in [6, 6.07) is 7.40. The highest BCUT2D eigenvalue weighted by molar-refractivity contribution is 6.32. The molecule has 0 atom stereocenters. The number of nitrogens with one attached hydrogen (secondary N) is 1. The van der Waals surface area contributed by atoms with Gasteiger partial charge in [-0.15, -0.1) is 0 Å². The summed E-state index contributed by atoms with van der Waals surface area (Å²) in [7, 11) is 0. The van der Waals surface area contributed by atoms with Crippen molar-refractivity contribution >= 4 is 23.5 Å². The zero-order chi connectivity index (χ0) is 18.3. The standard InChI is InChI=1S/C18H21ClN2O4/c1-13-5-6-14(19)15(9-13)24-11-17(23)25-10-16(22)21-18(12-20)7-3-2-4-8-18/h5-6,9H,2-4,7-8,10-11H2,1H3,(H,21,22). The molecular weight excluding hydrogens is 344 g/mol. The summed E-state index contributed by atoms with van der Waals surface area (Å²) in [5.41, 5.74) is 0.106. The molecule has 0 saturated heterocycles. The molecule has 0 bridgehead atoms. The highest BCUT2D eigenvalue weighted by Crippen LogP contribution is 2.27. The van der Waals surface area contributed by atoms with E-state index in [0.29, 0.717) is 23.6 Å². The minimum atomic E-state index is -0.840. The molecule has 1 amide bonds. The summed E-state index contributed by atoms with van der Waals surface area (Å²) in [6.45, 7) is 1.09. The first-order chi connectivity index (χ1) is 11.9. The molecule has 7 heteroatoms. The lowest BCUT2D eigenvalue weighted by atomic mass is 9.83. The number of hydrogen-bond acceptors (Lipinski definition) is 5. The molecule has 1 aromatic carbocycles. The fraction of sp³-hybridized carbons (Fsp3) is 0.500. The van der Waals surface area contributed by atoms with Crippen molar-refractivity contribution in [3.63, 3.8) is 0 Å². The maximum Gasteiger partial charge on any atom is 0.344 e. The van der Waals surface area contributed by atoms with Gasteiger partial charge in [0.05, 0.1) is 11.1 Å². The van der Waals surface area contributed by atoms with Gasteiger partial charge in [0, 0.05) is 0 Å². The molecule has 1 saturated carbocycles. The van der Waals surface area contributed by atoms with Crippen LogP contribution in [0.15, 0.2) is 18.2 Å². The number of rotatable bonds is 6. The van der Waals surface area contributed by atoms with E-state index in [1.807, 2.05) is 13.0 Å². The Morgan fingerprint density at radius 1 is 1.28 bits per heavy atom. The molecule has 0 radical (unpaired) electrons. The number of carbonyl (C=O) groups is 2. The fourth-order valence-electron chi connectivity index (χ4n) is 2.77. The molecule has 1 fully saturated rings. The first kappa shape index (κ1) is 19.1.